The first-order valence-electron chi connectivity index (χ1n) is 6.30. The number of nitrogens with zero attached hydrogens (tertiary/aromatic N) is 1. The highest BCUT2D eigenvalue weighted by Crippen LogP contribution is 2.21. The molecule has 100 valence electrons. The third kappa shape index (κ3) is 3.02. The number of para-hydroxylation sites is 1. The summed E-state index contributed by atoms with van der Waals surface area (Å²) in [6.07, 6.45) is 0.402. The van der Waals surface area contributed by atoms with Gasteiger partial charge < -0.3 is 14.6 Å². The Hall–Kier alpha value is -1.10. The van der Waals surface area contributed by atoms with Gasteiger partial charge in [-0.1, -0.05) is 18.2 Å². The zero-order chi connectivity index (χ0) is 13.0. The molecule has 2 unspecified atom stereocenters. The molecule has 2 atom stereocenters. The minimum Gasteiger partial charge on any atom is -0.496 e. The van der Waals surface area contributed by atoms with Gasteiger partial charge in [-0.15, -0.1) is 0 Å². The van der Waals surface area contributed by atoms with E-state index in [9.17, 15) is 5.11 Å². The van der Waals surface area contributed by atoms with E-state index in [1.54, 1.807) is 7.11 Å². The maximum atomic E-state index is 9.99. The van der Waals surface area contributed by atoms with Gasteiger partial charge >= 0.3 is 0 Å². The molecule has 1 aliphatic rings. The summed E-state index contributed by atoms with van der Waals surface area (Å²) in [5, 5.41) is 9.99. The van der Waals surface area contributed by atoms with E-state index >= 15 is 0 Å². The average Bonchev–Trinajstić information content (AvgIpc) is 2.39. The summed E-state index contributed by atoms with van der Waals surface area (Å²) in [4.78, 5) is 2.13. The predicted octanol–water partition coefficient (Wildman–Crippen LogP) is 1.28. The minimum absolute atomic E-state index is 0.0589. The highest BCUT2D eigenvalue weighted by atomic mass is 16.5. The quantitative estimate of drug-likeness (QED) is 0.875. The van der Waals surface area contributed by atoms with E-state index < -0.39 is 0 Å². The summed E-state index contributed by atoms with van der Waals surface area (Å²) < 4.78 is 10.8. The van der Waals surface area contributed by atoms with Crippen molar-refractivity contribution in [1.29, 1.82) is 0 Å². The molecular formula is C14H21NO3. The average molecular weight is 251 g/mol. The van der Waals surface area contributed by atoms with Gasteiger partial charge in [0, 0.05) is 18.7 Å². The van der Waals surface area contributed by atoms with Crippen molar-refractivity contribution in [3.8, 4) is 5.75 Å². The standard InChI is InChI=1S/C14H21NO3/c1-15(12-10-18-8-7-13(12)16)9-11-5-3-4-6-14(11)17-2/h3-6,12-13,16H,7-10H2,1-2H3. The molecule has 4 nitrogen and oxygen atoms in total. The molecule has 0 aromatic heterocycles. The van der Waals surface area contributed by atoms with Crippen LogP contribution >= 0.6 is 0 Å². The molecular weight excluding hydrogens is 230 g/mol. The van der Waals surface area contributed by atoms with Gasteiger partial charge in [0.25, 0.3) is 0 Å². The lowest BCUT2D eigenvalue weighted by atomic mass is 10.0. The van der Waals surface area contributed by atoms with E-state index in [1.165, 1.54) is 0 Å². The molecule has 0 bridgehead atoms. The van der Waals surface area contributed by atoms with Crippen LogP contribution in [0.1, 0.15) is 12.0 Å². The van der Waals surface area contributed by atoms with Gasteiger partial charge in [0.05, 0.1) is 25.9 Å². The number of aliphatic hydroxyl groups excluding tert-OH is 1. The molecule has 1 aliphatic heterocycles. The minimum atomic E-state index is -0.307. The number of ether oxygens (including phenoxy) is 2. The third-order valence-electron chi connectivity index (χ3n) is 3.47. The van der Waals surface area contributed by atoms with E-state index in [1.807, 2.05) is 31.3 Å². The Bertz CT molecular complexity index is 383. The Morgan fingerprint density at radius 3 is 2.94 bits per heavy atom. The van der Waals surface area contributed by atoms with Crippen LogP contribution in [0.2, 0.25) is 0 Å². The third-order valence-corrected chi connectivity index (χ3v) is 3.47. The maximum absolute atomic E-state index is 9.99. The highest BCUT2D eigenvalue weighted by Gasteiger charge is 2.27. The van der Waals surface area contributed by atoms with Crippen LogP contribution < -0.4 is 4.74 Å². The number of aliphatic hydroxyl groups is 1. The molecule has 1 N–H and O–H groups in total. The number of benzene rings is 1. The van der Waals surface area contributed by atoms with Crippen molar-refractivity contribution in [2.45, 2.75) is 25.1 Å². The van der Waals surface area contributed by atoms with E-state index in [4.69, 9.17) is 9.47 Å². The van der Waals surface area contributed by atoms with E-state index in [0.717, 1.165) is 17.9 Å². The Labute approximate surface area is 108 Å². The van der Waals surface area contributed by atoms with Crippen LogP contribution in [0.15, 0.2) is 24.3 Å². The first kappa shape index (κ1) is 13.3. The molecule has 1 heterocycles. The second-order valence-electron chi connectivity index (χ2n) is 4.73. The fraction of sp³-hybridized carbons (Fsp3) is 0.571. The second-order valence-corrected chi connectivity index (χ2v) is 4.73. The Morgan fingerprint density at radius 1 is 1.44 bits per heavy atom. The fourth-order valence-corrected chi connectivity index (χ4v) is 2.35. The summed E-state index contributed by atoms with van der Waals surface area (Å²) in [6, 6.07) is 8.02. The van der Waals surface area contributed by atoms with E-state index in [2.05, 4.69) is 4.90 Å². The molecule has 0 saturated carbocycles. The molecule has 0 radical (unpaired) electrons. The van der Waals surface area contributed by atoms with Gasteiger partial charge in [-0.25, -0.2) is 0 Å². The summed E-state index contributed by atoms with van der Waals surface area (Å²) >= 11 is 0. The SMILES string of the molecule is COc1ccccc1CN(C)C1COCCC1O. The Kier molecular flexibility index (Phi) is 4.58. The highest BCUT2D eigenvalue weighted by molar-refractivity contribution is 5.33. The van der Waals surface area contributed by atoms with Crippen LogP contribution in [-0.2, 0) is 11.3 Å². The van der Waals surface area contributed by atoms with Crippen LogP contribution in [0.3, 0.4) is 0 Å². The molecule has 1 fully saturated rings. The van der Waals surface area contributed by atoms with Crippen molar-refractivity contribution in [2.75, 3.05) is 27.4 Å². The smallest absolute Gasteiger partial charge is 0.123 e. The van der Waals surface area contributed by atoms with Gasteiger partial charge in [-0.3, -0.25) is 4.90 Å². The summed E-state index contributed by atoms with van der Waals surface area (Å²) in [5.41, 5.74) is 1.13. The molecule has 1 aromatic carbocycles. The molecule has 4 heteroatoms. The maximum Gasteiger partial charge on any atom is 0.123 e. The molecule has 0 amide bonds. The zero-order valence-electron chi connectivity index (χ0n) is 11.0. The van der Waals surface area contributed by atoms with Crippen molar-refractivity contribution in [3.05, 3.63) is 29.8 Å². The van der Waals surface area contributed by atoms with Gasteiger partial charge in [0.2, 0.25) is 0 Å². The van der Waals surface area contributed by atoms with Crippen LogP contribution in [-0.4, -0.2) is 49.5 Å². The summed E-state index contributed by atoms with van der Waals surface area (Å²) in [6.45, 7) is 1.99. The van der Waals surface area contributed by atoms with Crippen molar-refractivity contribution in [1.82, 2.24) is 4.90 Å². The Morgan fingerprint density at radius 2 is 2.22 bits per heavy atom. The normalized spacial score (nSPS) is 24.2. The number of hydrogen-bond donors (Lipinski definition) is 1. The Balaban J connectivity index is 2.03. The van der Waals surface area contributed by atoms with Crippen molar-refractivity contribution < 1.29 is 14.6 Å². The molecule has 2 rings (SSSR count). The van der Waals surface area contributed by atoms with E-state index in [0.29, 0.717) is 19.6 Å². The fourth-order valence-electron chi connectivity index (χ4n) is 2.35. The monoisotopic (exact) mass is 251 g/mol. The van der Waals surface area contributed by atoms with Gasteiger partial charge in [-0.05, 0) is 19.5 Å². The lowest BCUT2D eigenvalue weighted by Gasteiger charge is -2.35. The molecule has 0 aliphatic carbocycles. The molecule has 18 heavy (non-hydrogen) atoms. The predicted molar refractivity (Wildman–Crippen MR) is 69.7 cm³/mol. The largest absolute Gasteiger partial charge is 0.496 e. The summed E-state index contributed by atoms with van der Waals surface area (Å²) in [7, 11) is 3.69. The molecule has 0 spiro atoms. The number of hydrogen-bond acceptors (Lipinski definition) is 4. The second kappa shape index (κ2) is 6.18. The number of rotatable bonds is 4. The lowest BCUT2D eigenvalue weighted by Crippen LogP contribution is -2.47. The van der Waals surface area contributed by atoms with E-state index in [-0.39, 0.29) is 12.1 Å². The van der Waals surface area contributed by atoms with Crippen LogP contribution in [0, 0.1) is 0 Å². The van der Waals surface area contributed by atoms with Crippen molar-refractivity contribution >= 4 is 0 Å². The van der Waals surface area contributed by atoms with Gasteiger partial charge in [0.15, 0.2) is 0 Å². The first-order valence-corrected chi connectivity index (χ1v) is 6.30. The van der Waals surface area contributed by atoms with Crippen molar-refractivity contribution in [3.63, 3.8) is 0 Å². The topological polar surface area (TPSA) is 41.9 Å². The van der Waals surface area contributed by atoms with Gasteiger partial charge in [-0.2, -0.15) is 0 Å². The first-order chi connectivity index (χ1) is 8.72. The molecule has 1 aromatic rings. The summed E-state index contributed by atoms with van der Waals surface area (Å²) in [5.74, 6) is 0.885. The van der Waals surface area contributed by atoms with Crippen LogP contribution in [0.4, 0.5) is 0 Å². The zero-order valence-corrected chi connectivity index (χ0v) is 11.0. The van der Waals surface area contributed by atoms with Crippen LogP contribution in [0.25, 0.3) is 0 Å². The van der Waals surface area contributed by atoms with Crippen LogP contribution in [0.5, 0.6) is 5.75 Å². The number of methoxy groups -OCH3 is 1. The lowest BCUT2D eigenvalue weighted by molar-refractivity contribution is -0.0564. The van der Waals surface area contributed by atoms with Gasteiger partial charge in [0.1, 0.15) is 5.75 Å². The van der Waals surface area contributed by atoms with Crippen molar-refractivity contribution in [2.24, 2.45) is 0 Å². The molecule has 1 saturated heterocycles. The number of likely N-dealkylation sites (N-methyl/N-ethyl adjacent to an activating group) is 1.